The number of carbonyl (C=O) groups is 2. The van der Waals surface area contributed by atoms with E-state index in [0.29, 0.717) is 47.6 Å². The van der Waals surface area contributed by atoms with Gasteiger partial charge in [0.05, 0.1) is 41.2 Å². The summed E-state index contributed by atoms with van der Waals surface area (Å²) in [4.78, 5) is 28.7. The molecule has 0 saturated carbocycles. The first-order valence-corrected chi connectivity index (χ1v) is 9.55. The first-order valence-electron chi connectivity index (χ1n) is 9.55. The summed E-state index contributed by atoms with van der Waals surface area (Å²) in [6.07, 6.45) is 0.675. The number of ether oxygens (including phenoxy) is 1. The number of hydrogen-bond donors (Lipinski definition) is 1. The lowest BCUT2D eigenvalue weighted by atomic mass is 9.95. The minimum Gasteiger partial charge on any atom is -0.492 e. The van der Waals surface area contributed by atoms with Gasteiger partial charge in [0, 0.05) is 6.42 Å². The van der Waals surface area contributed by atoms with Gasteiger partial charge in [-0.2, -0.15) is 0 Å². The molecule has 1 N–H and O–H groups in total. The molecule has 5 nitrogen and oxygen atoms in total. The van der Waals surface area contributed by atoms with Crippen LogP contribution in [0.3, 0.4) is 0 Å². The fourth-order valence-electron chi connectivity index (χ4n) is 3.96. The number of fused-ring (bicyclic) bond motifs is 2. The highest BCUT2D eigenvalue weighted by atomic mass is 19.1. The molecule has 0 radical (unpaired) electrons. The second kappa shape index (κ2) is 7.02. The molecule has 0 aliphatic carbocycles. The number of carbonyl (C=O) groups excluding carboxylic acids is 2. The van der Waals surface area contributed by atoms with E-state index in [1.54, 1.807) is 24.3 Å². The monoisotopic (exact) mass is 406 g/mol. The summed E-state index contributed by atoms with van der Waals surface area (Å²) in [5, 5.41) is 2.72. The second-order valence-electron chi connectivity index (χ2n) is 7.30. The minimum atomic E-state index is -0.716. The highest BCUT2D eigenvalue weighted by Gasteiger charge is 2.27. The Morgan fingerprint density at radius 2 is 1.83 bits per heavy atom. The van der Waals surface area contributed by atoms with Crippen LogP contribution in [0.15, 0.2) is 42.5 Å². The van der Waals surface area contributed by atoms with Gasteiger partial charge in [0.2, 0.25) is 0 Å². The van der Waals surface area contributed by atoms with Crippen molar-refractivity contribution in [1.82, 2.24) is 10.3 Å². The van der Waals surface area contributed by atoms with Crippen LogP contribution < -0.4 is 10.1 Å². The van der Waals surface area contributed by atoms with Crippen LogP contribution in [0.4, 0.5) is 8.78 Å². The molecule has 30 heavy (non-hydrogen) atoms. The third-order valence-corrected chi connectivity index (χ3v) is 5.37. The van der Waals surface area contributed by atoms with Crippen molar-refractivity contribution < 1.29 is 23.1 Å². The van der Waals surface area contributed by atoms with Crippen molar-refractivity contribution in [3.05, 3.63) is 82.0 Å². The van der Waals surface area contributed by atoms with E-state index < -0.39 is 11.6 Å². The lowest BCUT2D eigenvalue weighted by Gasteiger charge is -2.17. The van der Waals surface area contributed by atoms with Crippen molar-refractivity contribution in [1.29, 1.82) is 0 Å². The highest BCUT2D eigenvalue weighted by molar-refractivity contribution is 6.00. The molecule has 0 fully saturated rings. The SMILES string of the molecule is O=C1CCOc2cc(Cc3cc(-c4c(F)cccc4F)nc4c3C(=O)NC4)ccc21. The molecule has 150 valence electrons. The number of nitrogens with zero attached hydrogens (tertiary/aromatic N) is 1. The molecule has 5 rings (SSSR count). The molecule has 1 amide bonds. The molecule has 0 bridgehead atoms. The molecule has 3 heterocycles. The minimum absolute atomic E-state index is 0.0318. The van der Waals surface area contributed by atoms with E-state index in [0.717, 1.165) is 5.56 Å². The Balaban J connectivity index is 1.61. The number of pyridine rings is 1. The number of Topliss-reactive ketones (excluding diaryl/α,β-unsaturated/α-hetero) is 1. The molecule has 2 aliphatic rings. The molecule has 0 saturated heterocycles. The summed E-state index contributed by atoms with van der Waals surface area (Å²) in [5.41, 5.74) is 2.76. The van der Waals surface area contributed by atoms with Gasteiger partial charge in [0.25, 0.3) is 5.91 Å². The first kappa shape index (κ1) is 18.4. The van der Waals surface area contributed by atoms with Gasteiger partial charge in [-0.15, -0.1) is 0 Å². The van der Waals surface area contributed by atoms with E-state index in [4.69, 9.17) is 4.74 Å². The number of nitrogens with one attached hydrogen (secondary N) is 1. The summed E-state index contributed by atoms with van der Waals surface area (Å²) >= 11 is 0. The molecule has 7 heteroatoms. The van der Waals surface area contributed by atoms with E-state index in [2.05, 4.69) is 10.3 Å². The number of aromatic nitrogens is 1. The van der Waals surface area contributed by atoms with Crippen LogP contribution in [0.2, 0.25) is 0 Å². The number of rotatable bonds is 3. The van der Waals surface area contributed by atoms with Crippen LogP contribution in [0.1, 0.15) is 44.0 Å². The highest BCUT2D eigenvalue weighted by Crippen LogP contribution is 2.32. The van der Waals surface area contributed by atoms with Gasteiger partial charge >= 0.3 is 0 Å². The second-order valence-corrected chi connectivity index (χ2v) is 7.30. The van der Waals surface area contributed by atoms with Gasteiger partial charge in [-0.1, -0.05) is 12.1 Å². The largest absolute Gasteiger partial charge is 0.492 e. The van der Waals surface area contributed by atoms with Crippen LogP contribution in [-0.2, 0) is 13.0 Å². The molecular formula is C23H16F2N2O3. The summed E-state index contributed by atoms with van der Waals surface area (Å²) in [6, 6.07) is 10.5. The summed E-state index contributed by atoms with van der Waals surface area (Å²) in [7, 11) is 0. The van der Waals surface area contributed by atoms with Gasteiger partial charge in [-0.3, -0.25) is 9.59 Å². The maximum absolute atomic E-state index is 14.3. The van der Waals surface area contributed by atoms with Gasteiger partial charge < -0.3 is 10.1 Å². The Morgan fingerprint density at radius 1 is 1.03 bits per heavy atom. The molecule has 3 aromatic rings. The number of benzene rings is 2. The maximum Gasteiger partial charge on any atom is 0.253 e. The molecular weight excluding hydrogens is 390 g/mol. The van der Waals surface area contributed by atoms with Gasteiger partial charge in [0.15, 0.2) is 5.78 Å². The van der Waals surface area contributed by atoms with E-state index in [9.17, 15) is 18.4 Å². The van der Waals surface area contributed by atoms with Gasteiger partial charge in [-0.05, 0) is 47.9 Å². The first-order chi connectivity index (χ1) is 14.5. The summed E-state index contributed by atoms with van der Waals surface area (Å²) < 4.78 is 34.3. The Labute approximate surface area is 170 Å². The van der Waals surface area contributed by atoms with Crippen LogP contribution >= 0.6 is 0 Å². The molecule has 1 aromatic heterocycles. The molecule has 0 spiro atoms. The van der Waals surface area contributed by atoms with E-state index in [1.807, 2.05) is 0 Å². The molecule has 2 aromatic carbocycles. The van der Waals surface area contributed by atoms with Crippen molar-refractivity contribution in [2.75, 3.05) is 6.61 Å². The van der Waals surface area contributed by atoms with Crippen LogP contribution in [0.5, 0.6) is 5.75 Å². The number of halogens is 2. The lowest BCUT2D eigenvalue weighted by Crippen LogP contribution is -2.16. The average Bonchev–Trinajstić information content (AvgIpc) is 3.09. The fourth-order valence-corrected chi connectivity index (χ4v) is 3.96. The average molecular weight is 406 g/mol. The summed E-state index contributed by atoms with van der Waals surface area (Å²) in [6.45, 7) is 0.534. The standard InChI is InChI=1S/C23H16F2N2O3/c24-15-2-1-3-16(25)22(15)17-10-13(21-18(27-17)11-26-23(21)29)8-12-4-5-14-19(28)6-7-30-20(14)9-12/h1-5,9-10H,6-8,11H2,(H,26,29). The Bertz CT molecular complexity index is 1200. The van der Waals surface area contributed by atoms with Crippen molar-refractivity contribution in [3.8, 4) is 17.0 Å². The van der Waals surface area contributed by atoms with Crippen LogP contribution in [0.25, 0.3) is 11.3 Å². The normalized spacial score (nSPS) is 14.7. The molecule has 0 unspecified atom stereocenters. The summed E-state index contributed by atoms with van der Waals surface area (Å²) in [5.74, 6) is -1.15. The zero-order valence-corrected chi connectivity index (χ0v) is 15.8. The number of amides is 1. The number of ketones is 1. The zero-order chi connectivity index (χ0) is 20.8. The Hall–Kier alpha value is -3.61. The topological polar surface area (TPSA) is 68.3 Å². The van der Waals surface area contributed by atoms with Crippen molar-refractivity contribution in [2.24, 2.45) is 0 Å². The van der Waals surface area contributed by atoms with Gasteiger partial charge in [0.1, 0.15) is 17.4 Å². The zero-order valence-electron chi connectivity index (χ0n) is 15.8. The lowest BCUT2D eigenvalue weighted by molar-refractivity contribution is 0.0931. The molecule has 0 atom stereocenters. The Morgan fingerprint density at radius 3 is 2.63 bits per heavy atom. The van der Waals surface area contributed by atoms with E-state index in [-0.39, 0.29) is 29.5 Å². The third-order valence-electron chi connectivity index (χ3n) is 5.37. The Kier molecular flexibility index (Phi) is 4.31. The smallest absolute Gasteiger partial charge is 0.253 e. The maximum atomic E-state index is 14.3. The van der Waals surface area contributed by atoms with Crippen molar-refractivity contribution >= 4 is 11.7 Å². The van der Waals surface area contributed by atoms with Crippen LogP contribution in [-0.4, -0.2) is 23.3 Å². The predicted octanol–water partition coefficient (Wildman–Crippen LogP) is 3.83. The quantitative estimate of drug-likeness (QED) is 0.718. The molecule has 2 aliphatic heterocycles. The fraction of sp³-hybridized carbons (Fsp3) is 0.174. The van der Waals surface area contributed by atoms with Gasteiger partial charge in [-0.25, -0.2) is 13.8 Å². The van der Waals surface area contributed by atoms with E-state index >= 15 is 0 Å². The predicted molar refractivity (Wildman–Crippen MR) is 104 cm³/mol. The van der Waals surface area contributed by atoms with Crippen LogP contribution in [0, 0.1) is 11.6 Å². The van der Waals surface area contributed by atoms with Crippen molar-refractivity contribution in [2.45, 2.75) is 19.4 Å². The van der Waals surface area contributed by atoms with Crippen molar-refractivity contribution in [3.63, 3.8) is 0 Å². The number of hydrogen-bond acceptors (Lipinski definition) is 4. The third kappa shape index (κ3) is 3.03. The van der Waals surface area contributed by atoms with E-state index in [1.165, 1.54) is 18.2 Å².